The summed E-state index contributed by atoms with van der Waals surface area (Å²) >= 11 is 5.87. The van der Waals surface area contributed by atoms with Gasteiger partial charge in [-0.05, 0) is 69.1 Å². The van der Waals surface area contributed by atoms with Crippen LogP contribution in [-0.2, 0) is 0 Å². The summed E-state index contributed by atoms with van der Waals surface area (Å²) in [6, 6.07) is 6.44. The van der Waals surface area contributed by atoms with Crippen LogP contribution >= 0.6 is 38.5 Å². The highest BCUT2D eigenvalue weighted by molar-refractivity contribution is 14.1. The summed E-state index contributed by atoms with van der Waals surface area (Å²) in [4.78, 5) is 0. The Morgan fingerprint density at radius 2 is 2.12 bits per heavy atom. The third-order valence-electron chi connectivity index (χ3n) is 3.06. The van der Waals surface area contributed by atoms with Crippen LogP contribution in [0.15, 0.2) is 22.7 Å². The van der Waals surface area contributed by atoms with Gasteiger partial charge in [0, 0.05) is 20.3 Å². The number of halogens is 2. The van der Waals surface area contributed by atoms with Crippen LogP contribution in [0, 0.1) is 9.49 Å². The fraction of sp³-hybridized carbons (Fsp3) is 0.571. The lowest BCUT2D eigenvalue weighted by Crippen LogP contribution is -2.13. The lowest BCUT2D eigenvalue weighted by molar-refractivity contribution is 0.473. The molecule has 3 heteroatoms. The molecule has 0 heterocycles. The first kappa shape index (κ1) is 15.3. The molecule has 0 saturated heterocycles. The Labute approximate surface area is 127 Å². The number of unbranched alkanes of at least 4 members (excludes halogenated alkanes) is 1. The van der Waals surface area contributed by atoms with E-state index in [0.717, 1.165) is 12.5 Å². The Hall–Kier alpha value is 0.230. The van der Waals surface area contributed by atoms with Crippen LogP contribution in [-0.4, -0.2) is 6.54 Å². The molecule has 1 rings (SSSR count). The fourth-order valence-corrected chi connectivity index (χ4v) is 2.57. The SMILES string of the molecule is CCCCC(CC)CNc1ccc(Br)c(I)c1. The number of rotatable bonds is 7. The van der Waals surface area contributed by atoms with Crippen molar-refractivity contribution in [3.63, 3.8) is 0 Å². The second-order valence-electron chi connectivity index (χ2n) is 4.43. The molecule has 0 amide bonds. The molecule has 0 aliphatic rings. The molecule has 0 fully saturated rings. The zero-order valence-electron chi connectivity index (χ0n) is 10.6. The quantitative estimate of drug-likeness (QED) is 0.571. The van der Waals surface area contributed by atoms with E-state index in [0.29, 0.717) is 0 Å². The molecule has 1 atom stereocenters. The summed E-state index contributed by atoms with van der Waals surface area (Å²) in [5.74, 6) is 0.802. The van der Waals surface area contributed by atoms with Gasteiger partial charge in [-0.3, -0.25) is 0 Å². The Morgan fingerprint density at radius 3 is 2.71 bits per heavy atom. The van der Waals surface area contributed by atoms with Crippen LogP contribution in [0.1, 0.15) is 39.5 Å². The first-order chi connectivity index (χ1) is 8.17. The summed E-state index contributed by atoms with van der Waals surface area (Å²) in [6.07, 6.45) is 5.25. The van der Waals surface area contributed by atoms with Crippen molar-refractivity contribution < 1.29 is 0 Å². The molecule has 0 aliphatic carbocycles. The van der Waals surface area contributed by atoms with Crippen molar-refractivity contribution in [3.8, 4) is 0 Å². The monoisotopic (exact) mass is 409 g/mol. The molecule has 0 spiro atoms. The molecule has 1 unspecified atom stereocenters. The highest BCUT2D eigenvalue weighted by Crippen LogP contribution is 2.23. The Bertz CT molecular complexity index is 341. The van der Waals surface area contributed by atoms with E-state index in [-0.39, 0.29) is 0 Å². The van der Waals surface area contributed by atoms with Crippen molar-refractivity contribution in [3.05, 3.63) is 26.2 Å². The summed E-state index contributed by atoms with van der Waals surface area (Å²) in [6.45, 7) is 5.64. The van der Waals surface area contributed by atoms with Crippen LogP contribution in [0.3, 0.4) is 0 Å². The zero-order chi connectivity index (χ0) is 12.7. The maximum absolute atomic E-state index is 3.55. The van der Waals surface area contributed by atoms with Gasteiger partial charge in [0.2, 0.25) is 0 Å². The third-order valence-corrected chi connectivity index (χ3v) is 5.38. The lowest BCUT2D eigenvalue weighted by Gasteiger charge is -2.16. The predicted molar refractivity (Wildman–Crippen MR) is 88.7 cm³/mol. The van der Waals surface area contributed by atoms with E-state index in [9.17, 15) is 0 Å². The van der Waals surface area contributed by atoms with Crippen molar-refractivity contribution in [1.29, 1.82) is 0 Å². The fourth-order valence-electron chi connectivity index (χ4n) is 1.81. The van der Waals surface area contributed by atoms with Crippen molar-refractivity contribution in [1.82, 2.24) is 0 Å². The zero-order valence-corrected chi connectivity index (χ0v) is 14.3. The molecule has 17 heavy (non-hydrogen) atoms. The van der Waals surface area contributed by atoms with Crippen molar-refractivity contribution in [2.45, 2.75) is 39.5 Å². The van der Waals surface area contributed by atoms with E-state index in [1.54, 1.807) is 0 Å². The molecule has 1 aromatic carbocycles. The first-order valence-electron chi connectivity index (χ1n) is 6.36. The van der Waals surface area contributed by atoms with Crippen LogP contribution in [0.2, 0.25) is 0 Å². The van der Waals surface area contributed by atoms with Crippen LogP contribution < -0.4 is 5.32 Å². The largest absolute Gasteiger partial charge is 0.385 e. The van der Waals surface area contributed by atoms with Crippen LogP contribution in [0.5, 0.6) is 0 Å². The van der Waals surface area contributed by atoms with E-state index in [1.807, 2.05) is 0 Å². The number of hydrogen-bond acceptors (Lipinski definition) is 1. The van der Waals surface area contributed by atoms with Gasteiger partial charge < -0.3 is 5.32 Å². The minimum Gasteiger partial charge on any atom is -0.385 e. The van der Waals surface area contributed by atoms with Crippen molar-refractivity contribution in [2.24, 2.45) is 5.92 Å². The van der Waals surface area contributed by atoms with E-state index in [2.05, 4.69) is 75.9 Å². The maximum atomic E-state index is 3.55. The number of nitrogens with one attached hydrogen (secondary N) is 1. The van der Waals surface area contributed by atoms with Gasteiger partial charge in [0.25, 0.3) is 0 Å². The Morgan fingerprint density at radius 1 is 1.35 bits per heavy atom. The average molecular weight is 410 g/mol. The Kier molecular flexibility index (Phi) is 7.51. The van der Waals surface area contributed by atoms with Gasteiger partial charge in [-0.15, -0.1) is 0 Å². The predicted octanol–water partition coefficient (Wildman–Crippen LogP) is 5.68. The van der Waals surface area contributed by atoms with Gasteiger partial charge in [-0.2, -0.15) is 0 Å². The highest BCUT2D eigenvalue weighted by atomic mass is 127. The van der Waals surface area contributed by atoms with Crippen LogP contribution in [0.25, 0.3) is 0 Å². The van der Waals surface area contributed by atoms with Gasteiger partial charge in [-0.1, -0.05) is 33.1 Å². The molecule has 0 aliphatic heterocycles. The van der Waals surface area contributed by atoms with Gasteiger partial charge in [-0.25, -0.2) is 0 Å². The van der Waals surface area contributed by atoms with Gasteiger partial charge in [0.1, 0.15) is 0 Å². The number of benzene rings is 1. The molecule has 96 valence electrons. The molecule has 1 nitrogen and oxygen atoms in total. The first-order valence-corrected chi connectivity index (χ1v) is 8.23. The van der Waals surface area contributed by atoms with Crippen LogP contribution in [0.4, 0.5) is 5.69 Å². The van der Waals surface area contributed by atoms with E-state index in [4.69, 9.17) is 0 Å². The minimum absolute atomic E-state index is 0.802. The topological polar surface area (TPSA) is 12.0 Å². The molecule has 0 bridgehead atoms. The smallest absolute Gasteiger partial charge is 0.0351 e. The average Bonchev–Trinajstić information content (AvgIpc) is 2.34. The summed E-state index contributed by atoms with van der Waals surface area (Å²) in [5, 5.41) is 3.55. The van der Waals surface area contributed by atoms with Crippen molar-refractivity contribution in [2.75, 3.05) is 11.9 Å². The van der Waals surface area contributed by atoms with E-state index < -0.39 is 0 Å². The third kappa shape index (κ3) is 5.60. The molecule has 0 saturated carbocycles. The summed E-state index contributed by atoms with van der Waals surface area (Å²) < 4.78 is 2.43. The normalized spacial score (nSPS) is 12.5. The molecule has 0 radical (unpaired) electrons. The molecular formula is C14H21BrIN. The second kappa shape index (κ2) is 8.35. The number of anilines is 1. The van der Waals surface area contributed by atoms with E-state index >= 15 is 0 Å². The Balaban J connectivity index is 2.45. The second-order valence-corrected chi connectivity index (χ2v) is 6.44. The van der Waals surface area contributed by atoms with E-state index in [1.165, 1.54) is 39.4 Å². The molecule has 1 N–H and O–H groups in total. The molecule has 1 aromatic rings. The molecular weight excluding hydrogens is 389 g/mol. The lowest BCUT2D eigenvalue weighted by atomic mass is 9.99. The standard InChI is InChI=1S/C14H21BrIN/c1-3-5-6-11(4-2)10-17-12-7-8-13(15)14(16)9-12/h7-9,11,17H,3-6,10H2,1-2H3. The highest BCUT2D eigenvalue weighted by Gasteiger charge is 2.06. The van der Waals surface area contributed by atoms with Crippen molar-refractivity contribution >= 4 is 44.2 Å². The summed E-state index contributed by atoms with van der Waals surface area (Å²) in [5.41, 5.74) is 1.23. The number of hydrogen-bond donors (Lipinski definition) is 1. The van der Waals surface area contributed by atoms with Gasteiger partial charge >= 0.3 is 0 Å². The van der Waals surface area contributed by atoms with Gasteiger partial charge in [0.05, 0.1) is 0 Å². The maximum Gasteiger partial charge on any atom is 0.0351 e. The minimum atomic E-state index is 0.802. The molecule has 0 aromatic heterocycles. The summed E-state index contributed by atoms with van der Waals surface area (Å²) in [7, 11) is 0. The van der Waals surface area contributed by atoms with Gasteiger partial charge in [0.15, 0.2) is 0 Å².